The zero-order chi connectivity index (χ0) is 27.3. The van der Waals surface area contributed by atoms with Gasteiger partial charge in [-0.3, -0.25) is 14.3 Å². The van der Waals surface area contributed by atoms with Crippen molar-refractivity contribution >= 4 is 50.3 Å². The van der Waals surface area contributed by atoms with Gasteiger partial charge in [-0.25, -0.2) is 14.4 Å². The number of para-hydroxylation sites is 2. The molecule has 0 bridgehead atoms. The molecule has 0 unspecified atom stereocenters. The number of aromatic nitrogens is 3. The van der Waals surface area contributed by atoms with E-state index in [0.717, 1.165) is 32.7 Å². The molecule has 1 amide bonds. The fourth-order valence-corrected chi connectivity index (χ4v) is 5.72. The molecule has 3 heterocycles. The van der Waals surface area contributed by atoms with Crippen molar-refractivity contribution in [1.29, 1.82) is 0 Å². The van der Waals surface area contributed by atoms with Crippen LogP contribution in [0.25, 0.3) is 16.9 Å². The number of halogens is 1. The zero-order valence-corrected chi connectivity index (χ0v) is 23.8. The van der Waals surface area contributed by atoms with Crippen molar-refractivity contribution in [2.24, 2.45) is 17.1 Å². The maximum Gasteiger partial charge on any atom is 0.297 e. The normalized spacial score (nSPS) is 14.5. The molecule has 0 saturated carbocycles. The number of amides is 1. The van der Waals surface area contributed by atoms with Gasteiger partial charge >= 0.3 is 0 Å². The molecule has 0 fully saturated rings. The van der Waals surface area contributed by atoms with Gasteiger partial charge in [-0.2, -0.15) is 5.10 Å². The van der Waals surface area contributed by atoms with Crippen LogP contribution in [0.3, 0.4) is 0 Å². The van der Waals surface area contributed by atoms with E-state index in [9.17, 15) is 9.59 Å². The second-order valence-corrected chi connectivity index (χ2v) is 10.8. The molecule has 0 spiro atoms. The second kappa shape index (κ2) is 9.79. The van der Waals surface area contributed by atoms with Crippen molar-refractivity contribution in [3.05, 3.63) is 115 Å². The van der Waals surface area contributed by atoms with Crippen LogP contribution < -0.4 is 15.3 Å². The Bertz CT molecular complexity index is 1890. The number of carbonyl (C=O) groups is 1. The van der Waals surface area contributed by atoms with Crippen molar-refractivity contribution in [3.63, 3.8) is 0 Å². The number of fused-ring (bicyclic) bond motifs is 1. The number of hydrogen-bond donors (Lipinski definition) is 0. The summed E-state index contributed by atoms with van der Waals surface area (Å²) in [4.78, 5) is 33.8. The van der Waals surface area contributed by atoms with Crippen molar-refractivity contribution in [2.75, 3.05) is 11.9 Å². The van der Waals surface area contributed by atoms with Gasteiger partial charge in [-0.05, 0) is 37.3 Å². The SMILES string of the molecule is Cc1c(N=c2scc(-c3ccc(Br)cc3)n2N=C2C(=O)N(C)c3ccccc32)c(=O)n(-c2ccccc2)n1C. The quantitative estimate of drug-likeness (QED) is 0.284. The van der Waals surface area contributed by atoms with Crippen LogP contribution in [0.5, 0.6) is 0 Å². The summed E-state index contributed by atoms with van der Waals surface area (Å²) in [6.45, 7) is 1.87. The summed E-state index contributed by atoms with van der Waals surface area (Å²) < 4.78 is 6.00. The Hall–Kier alpha value is -4.28. The third kappa shape index (κ3) is 4.21. The molecule has 2 aromatic heterocycles. The molecular formula is C29H23BrN6O2S. The van der Waals surface area contributed by atoms with E-state index < -0.39 is 0 Å². The van der Waals surface area contributed by atoms with E-state index in [-0.39, 0.29) is 11.5 Å². The summed E-state index contributed by atoms with van der Waals surface area (Å²) >= 11 is 4.85. The Morgan fingerprint density at radius 1 is 0.872 bits per heavy atom. The molecule has 0 atom stereocenters. The fourth-order valence-electron chi connectivity index (χ4n) is 4.62. The van der Waals surface area contributed by atoms with E-state index in [1.54, 1.807) is 26.0 Å². The lowest BCUT2D eigenvalue weighted by molar-refractivity contribution is -0.112. The maximum atomic E-state index is 13.6. The first-order valence-corrected chi connectivity index (χ1v) is 13.8. The molecule has 10 heteroatoms. The number of thiazole rings is 1. The van der Waals surface area contributed by atoms with Gasteiger partial charge in [-0.1, -0.05) is 64.5 Å². The highest BCUT2D eigenvalue weighted by molar-refractivity contribution is 9.10. The minimum absolute atomic E-state index is 0.204. The predicted molar refractivity (Wildman–Crippen MR) is 158 cm³/mol. The van der Waals surface area contributed by atoms with Gasteiger partial charge in [-0.15, -0.1) is 11.3 Å². The van der Waals surface area contributed by atoms with Gasteiger partial charge in [0.25, 0.3) is 11.5 Å². The van der Waals surface area contributed by atoms with Gasteiger partial charge in [0, 0.05) is 35.1 Å². The van der Waals surface area contributed by atoms with E-state index in [2.05, 4.69) is 15.9 Å². The minimum atomic E-state index is -0.235. The van der Waals surface area contributed by atoms with E-state index in [1.807, 2.05) is 98.2 Å². The van der Waals surface area contributed by atoms with E-state index in [1.165, 1.54) is 11.3 Å². The maximum absolute atomic E-state index is 13.6. The zero-order valence-electron chi connectivity index (χ0n) is 21.4. The molecule has 39 heavy (non-hydrogen) atoms. The van der Waals surface area contributed by atoms with Crippen LogP contribution in [0.1, 0.15) is 11.3 Å². The first-order chi connectivity index (χ1) is 18.8. The van der Waals surface area contributed by atoms with Gasteiger partial charge in [0.1, 0.15) is 0 Å². The fraction of sp³-hybridized carbons (Fsp3) is 0.103. The highest BCUT2D eigenvalue weighted by atomic mass is 79.9. The number of anilines is 1. The smallest absolute Gasteiger partial charge is 0.297 e. The Balaban J connectivity index is 1.60. The molecule has 3 aromatic carbocycles. The Labute approximate surface area is 236 Å². The number of nitrogens with zero attached hydrogens (tertiary/aromatic N) is 6. The van der Waals surface area contributed by atoms with Crippen LogP contribution in [-0.2, 0) is 11.8 Å². The molecule has 0 saturated heterocycles. The summed E-state index contributed by atoms with van der Waals surface area (Å²) in [5.74, 6) is -0.204. The Morgan fingerprint density at radius 2 is 1.56 bits per heavy atom. The Kier molecular flexibility index (Phi) is 6.28. The second-order valence-electron chi connectivity index (χ2n) is 9.07. The first-order valence-electron chi connectivity index (χ1n) is 12.2. The van der Waals surface area contributed by atoms with Crippen LogP contribution in [0.4, 0.5) is 11.4 Å². The summed E-state index contributed by atoms with van der Waals surface area (Å²) in [5, 5.41) is 6.80. The monoisotopic (exact) mass is 598 g/mol. The summed E-state index contributed by atoms with van der Waals surface area (Å²) in [6.07, 6.45) is 0. The predicted octanol–water partition coefficient (Wildman–Crippen LogP) is 5.24. The third-order valence-corrected chi connectivity index (χ3v) is 8.13. The lowest BCUT2D eigenvalue weighted by atomic mass is 10.1. The molecule has 1 aliphatic rings. The lowest BCUT2D eigenvalue weighted by Crippen LogP contribution is -2.27. The summed E-state index contributed by atoms with van der Waals surface area (Å²) in [7, 11) is 3.57. The van der Waals surface area contributed by atoms with Crippen molar-refractivity contribution in [3.8, 4) is 16.9 Å². The molecule has 8 nitrogen and oxygen atoms in total. The summed E-state index contributed by atoms with van der Waals surface area (Å²) in [6, 6.07) is 24.9. The van der Waals surface area contributed by atoms with E-state index in [4.69, 9.17) is 10.1 Å². The minimum Gasteiger partial charge on any atom is -0.309 e. The van der Waals surface area contributed by atoms with Crippen LogP contribution in [0.15, 0.2) is 104 Å². The van der Waals surface area contributed by atoms with Gasteiger partial charge in [0.15, 0.2) is 11.4 Å². The van der Waals surface area contributed by atoms with E-state index in [0.29, 0.717) is 21.9 Å². The number of likely N-dealkylation sites (N-methyl/N-ethyl adjacent to an activating group) is 1. The molecule has 1 aliphatic heterocycles. The number of hydrogen-bond acceptors (Lipinski definition) is 5. The van der Waals surface area contributed by atoms with Crippen molar-refractivity contribution in [2.45, 2.75) is 6.92 Å². The molecule has 5 aromatic rings. The Morgan fingerprint density at radius 3 is 2.31 bits per heavy atom. The van der Waals surface area contributed by atoms with Crippen molar-refractivity contribution in [1.82, 2.24) is 14.0 Å². The number of rotatable bonds is 4. The molecule has 6 rings (SSSR count). The number of benzene rings is 3. The first kappa shape index (κ1) is 25.0. The average Bonchev–Trinajstić information content (AvgIpc) is 3.53. The highest BCUT2D eigenvalue weighted by Crippen LogP contribution is 2.29. The topological polar surface area (TPSA) is 76.9 Å². The van der Waals surface area contributed by atoms with Gasteiger partial charge < -0.3 is 4.90 Å². The molecule has 0 radical (unpaired) electrons. The van der Waals surface area contributed by atoms with E-state index >= 15 is 0 Å². The third-order valence-electron chi connectivity index (χ3n) is 6.78. The van der Waals surface area contributed by atoms with Gasteiger partial charge in [0.2, 0.25) is 4.80 Å². The molecule has 0 aliphatic carbocycles. The molecular weight excluding hydrogens is 576 g/mol. The van der Waals surface area contributed by atoms with Gasteiger partial charge in [0.05, 0.1) is 22.8 Å². The highest BCUT2D eigenvalue weighted by Gasteiger charge is 2.31. The number of carbonyl (C=O) groups excluding carboxylic acids is 1. The summed E-state index contributed by atoms with van der Waals surface area (Å²) in [5.41, 5.74) is 5.07. The lowest BCUT2D eigenvalue weighted by Gasteiger charge is -2.08. The largest absolute Gasteiger partial charge is 0.309 e. The van der Waals surface area contributed by atoms with Crippen molar-refractivity contribution < 1.29 is 4.79 Å². The van der Waals surface area contributed by atoms with Crippen LogP contribution in [-0.4, -0.2) is 32.7 Å². The standard InChI is InChI=1S/C29H23BrN6O2S/c1-18-25(28(38)36(34(18)3)21-9-5-4-6-10-21)31-29-35(24(17-39-29)19-13-15-20(30)16-14-19)32-26-22-11-7-8-12-23(22)33(2)27(26)37/h4-17H,1-3H3. The van der Waals surface area contributed by atoms with Crippen LogP contribution in [0, 0.1) is 6.92 Å². The average molecular weight is 600 g/mol. The molecule has 0 N–H and O–H groups in total. The molecule has 194 valence electrons. The van der Waals surface area contributed by atoms with Crippen LogP contribution in [0.2, 0.25) is 0 Å². The van der Waals surface area contributed by atoms with Crippen LogP contribution >= 0.6 is 27.3 Å².